The molecule has 0 saturated heterocycles. The zero-order valence-electron chi connectivity index (χ0n) is 10.2. The van der Waals surface area contributed by atoms with Crippen LogP contribution in [0.5, 0.6) is 5.75 Å². The van der Waals surface area contributed by atoms with E-state index in [0.29, 0.717) is 20.8 Å². The first-order valence-corrected chi connectivity index (χ1v) is 6.77. The lowest BCUT2D eigenvalue weighted by atomic mass is 10.2. The molecule has 0 atom stereocenters. The van der Waals surface area contributed by atoms with Gasteiger partial charge < -0.3 is 10.5 Å². The van der Waals surface area contributed by atoms with Crippen LogP contribution in [0.15, 0.2) is 36.4 Å². The van der Waals surface area contributed by atoms with Gasteiger partial charge in [-0.2, -0.15) is 0 Å². The van der Waals surface area contributed by atoms with E-state index in [1.54, 1.807) is 30.3 Å². The molecule has 0 aliphatic rings. The second kappa shape index (κ2) is 6.35. The van der Waals surface area contributed by atoms with Crippen molar-refractivity contribution in [2.75, 3.05) is 0 Å². The minimum absolute atomic E-state index is 0.234. The Hall–Kier alpha value is -1.42. The van der Waals surface area contributed by atoms with Crippen molar-refractivity contribution >= 4 is 40.7 Å². The Labute approximate surface area is 131 Å². The molecule has 0 saturated carbocycles. The Morgan fingerprint density at radius 2 is 1.80 bits per heavy atom. The van der Waals surface area contributed by atoms with Crippen molar-refractivity contribution in [2.45, 2.75) is 6.61 Å². The maximum absolute atomic E-state index is 11.3. The number of hydrogen-bond donors (Lipinski definition) is 1. The zero-order chi connectivity index (χ0) is 14.7. The van der Waals surface area contributed by atoms with Gasteiger partial charge in [-0.25, -0.2) is 0 Å². The lowest BCUT2D eigenvalue weighted by Gasteiger charge is -2.10. The molecule has 104 valence electrons. The van der Waals surface area contributed by atoms with Crippen LogP contribution in [0.3, 0.4) is 0 Å². The predicted molar refractivity (Wildman–Crippen MR) is 80.8 cm³/mol. The van der Waals surface area contributed by atoms with Crippen LogP contribution in [0.1, 0.15) is 15.9 Å². The number of carbonyl (C=O) groups excluding carboxylic acids is 1. The number of amides is 1. The van der Waals surface area contributed by atoms with E-state index < -0.39 is 5.91 Å². The maximum atomic E-state index is 11.3. The third-order valence-corrected chi connectivity index (χ3v) is 3.56. The van der Waals surface area contributed by atoms with Gasteiger partial charge in [0.15, 0.2) is 0 Å². The van der Waals surface area contributed by atoms with E-state index in [0.717, 1.165) is 5.56 Å². The highest BCUT2D eigenvalue weighted by atomic mass is 35.5. The Morgan fingerprint density at radius 3 is 2.45 bits per heavy atom. The number of ether oxygens (including phenoxy) is 1. The second-order valence-electron chi connectivity index (χ2n) is 4.04. The monoisotopic (exact) mass is 329 g/mol. The summed E-state index contributed by atoms with van der Waals surface area (Å²) in [5.41, 5.74) is 6.34. The van der Waals surface area contributed by atoms with Crippen LogP contribution in [0.4, 0.5) is 0 Å². The third-order valence-electron chi connectivity index (χ3n) is 2.59. The van der Waals surface area contributed by atoms with Gasteiger partial charge in [0.2, 0.25) is 0 Å². The fourth-order valence-corrected chi connectivity index (χ4v) is 2.10. The van der Waals surface area contributed by atoms with E-state index in [9.17, 15) is 4.79 Å². The molecular weight excluding hydrogens is 321 g/mol. The van der Waals surface area contributed by atoms with E-state index >= 15 is 0 Å². The highest BCUT2D eigenvalue weighted by Gasteiger charge is 2.10. The van der Waals surface area contributed by atoms with Crippen molar-refractivity contribution in [2.24, 2.45) is 5.73 Å². The minimum atomic E-state index is -0.600. The number of primary amides is 1. The molecule has 1 amide bonds. The van der Waals surface area contributed by atoms with Crippen LogP contribution in [-0.4, -0.2) is 5.91 Å². The van der Waals surface area contributed by atoms with E-state index in [1.165, 1.54) is 6.07 Å². The first-order chi connectivity index (χ1) is 9.47. The normalized spacial score (nSPS) is 10.3. The Morgan fingerprint density at radius 1 is 1.05 bits per heavy atom. The van der Waals surface area contributed by atoms with Crippen LogP contribution < -0.4 is 10.5 Å². The highest BCUT2D eigenvalue weighted by molar-refractivity contribution is 6.42. The topological polar surface area (TPSA) is 52.3 Å². The minimum Gasteiger partial charge on any atom is -0.488 e. The average molecular weight is 331 g/mol. The summed E-state index contributed by atoms with van der Waals surface area (Å²) in [6, 6.07) is 9.85. The lowest BCUT2D eigenvalue weighted by molar-refractivity contribution is 0.0996. The van der Waals surface area contributed by atoms with Crippen LogP contribution in [-0.2, 0) is 6.61 Å². The number of halogens is 3. The molecule has 0 fully saturated rings. The Balaban J connectivity index is 2.18. The smallest absolute Gasteiger partial charge is 0.252 e. The van der Waals surface area contributed by atoms with E-state index in [2.05, 4.69) is 0 Å². The van der Waals surface area contributed by atoms with Gasteiger partial charge in [-0.3, -0.25) is 4.79 Å². The van der Waals surface area contributed by atoms with Crippen molar-refractivity contribution in [3.63, 3.8) is 0 Å². The van der Waals surface area contributed by atoms with Crippen LogP contribution in [0.25, 0.3) is 0 Å². The fourth-order valence-electron chi connectivity index (χ4n) is 1.61. The zero-order valence-corrected chi connectivity index (χ0v) is 12.5. The summed E-state index contributed by atoms with van der Waals surface area (Å²) in [7, 11) is 0. The van der Waals surface area contributed by atoms with Gasteiger partial charge in [-0.05, 0) is 35.9 Å². The lowest BCUT2D eigenvalue weighted by Crippen LogP contribution is -2.13. The largest absolute Gasteiger partial charge is 0.488 e. The maximum Gasteiger partial charge on any atom is 0.252 e. The SMILES string of the molecule is NC(=O)c1cc(Cl)ccc1OCc1ccc(Cl)c(Cl)c1. The number of rotatable bonds is 4. The molecule has 6 heteroatoms. The molecule has 0 spiro atoms. The van der Waals surface area contributed by atoms with Crippen LogP contribution in [0, 0.1) is 0 Å². The first kappa shape index (κ1) is 15.0. The quantitative estimate of drug-likeness (QED) is 0.907. The molecule has 0 unspecified atom stereocenters. The summed E-state index contributed by atoms with van der Waals surface area (Å²) in [4.78, 5) is 11.3. The van der Waals surface area contributed by atoms with Crippen molar-refractivity contribution in [1.82, 2.24) is 0 Å². The molecule has 2 N–H and O–H groups in total. The molecule has 0 heterocycles. The summed E-state index contributed by atoms with van der Waals surface area (Å²) in [6.45, 7) is 0.235. The number of hydrogen-bond acceptors (Lipinski definition) is 2. The molecule has 0 bridgehead atoms. The molecule has 0 aromatic heterocycles. The van der Waals surface area contributed by atoms with Gasteiger partial charge in [-0.15, -0.1) is 0 Å². The molecule has 20 heavy (non-hydrogen) atoms. The van der Waals surface area contributed by atoms with E-state index in [4.69, 9.17) is 45.3 Å². The summed E-state index contributed by atoms with van der Waals surface area (Å²) in [5.74, 6) is -0.232. The van der Waals surface area contributed by atoms with Gasteiger partial charge in [-0.1, -0.05) is 40.9 Å². The van der Waals surface area contributed by atoms with Crippen molar-refractivity contribution in [3.8, 4) is 5.75 Å². The highest BCUT2D eigenvalue weighted by Crippen LogP contribution is 2.26. The number of carbonyl (C=O) groups is 1. The predicted octanol–water partition coefficient (Wildman–Crippen LogP) is 4.32. The number of benzene rings is 2. The molecule has 3 nitrogen and oxygen atoms in total. The summed E-state index contributed by atoms with van der Waals surface area (Å²) >= 11 is 17.6. The standard InChI is InChI=1S/C14H10Cl3NO2/c15-9-2-4-13(10(6-9)14(18)19)20-7-8-1-3-11(16)12(17)5-8/h1-6H,7H2,(H2,18,19). The summed E-state index contributed by atoms with van der Waals surface area (Å²) in [5, 5.41) is 1.33. The summed E-state index contributed by atoms with van der Waals surface area (Å²) < 4.78 is 5.57. The van der Waals surface area contributed by atoms with Gasteiger partial charge in [0.05, 0.1) is 15.6 Å². The first-order valence-electron chi connectivity index (χ1n) is 5.63. The van der Waals surface area contributed by atoms with Crippen molar-refractivity contribution in [3.05, 3.63) is 62.6 Å². The summed E-state index contributed by atoms with van der Waals surface area (Å²) in [6.07, 6.45) is 0. The number of nitrogens with two attached hydrogens (primary N) is 1. The van der Waals surface area contributed by atoms with Gasteiger partial charge in [0.1, 0.15) is 12.4 Å². The molecule has 0 radical (unpaired) electrons. The molecule has 0 aliphatic heterocycles. The molecule has 2 rings (SSSR count). The molecular formula is C14H10Cl3NO2. The van der Waals surface area contributed by atoms with Crippen LogP contribution in [0.2, 0.25) is 15.1 Å². The molecule has 2 aromatic rings. The second-order valence-corrected chi connectivity index (χ2v) is 5.29. The van der Waals surface area contributed by atoms with Gasteiger partial charge in [0.25, 0.3) is 5.91 Å². The molecule has 0 aliphatic carbocycles. The van der Waals surface area contributed by atoms with Gasteiger partial charge >= 0.3 is 0 Å². The third kappa shape index (κ3) is 3.57. The van der Waals surface area contributed by atoms with Crippen molar-refractivity contribution in [1.29, 1.82) is 0 Å². The van der Waals surface area contributed by atoms with Crippen molar-refractivity contribution < 1.29 is 9.53 Å². The Bertz CT molecular complexity index is 659. The van der Waals surface area contributed by atoms with E-state index in [1.807, 2.05) is 0 Å². The Kier molecular flexibility index (Phi) is 4.76. The van der Waals surface area contributed by atoms with Gasteiger partial charge in [0, 0.05) is 5.02 Å². The average Bonchev–Trinajstić information content (AvgIpc) is 2.41. The van der Waals surface area contributed by atoms with E-state index in [-0.39, 0.29) is 12.2 Å². The fraction of sp³-hybridized carbons (Fsp3) is 0.0714. The van der Waals surface area contributed by atoms with Crippen LogP contribution >= 0.6 is 34.8 Å². The molecule has 2 aromatic carbocycles.